The second-order valence-electron chi connectivity index (χ2n) is 4.47. The molecule has 112 valence electrons. The van der Waals surface area contributed by atoms with Gasteiger partial charge < -0.3 is 4.74 Å². The third-order valence-corrected chi connectivity index (χ3v) is 4.67. The third kappa shape index (κ3) is 3.89. The fraction of sp³-hybridized carbons (Fsp3) is 0.200. The predicted octanol–water partition coefficient (Wildman–Crippen LogP) is 3.85. The minimum Gasteiger partial charge on any atom is -0.494 e. The van der Waals surface area contributed by atoms with E-state index in [1.807, 2.05) is 13.8 Å². The van der Waals surface area contributed by atoms with Crippen molar-refractivity contribution in [3.63, 3.8) is 0 Å². The Kier molecular flexibility index (Phi) is 4.75. The van der Waals surface area contributed by atoms with Crippen LogP contribution in [0.5, 0.6) is 5.75 Å². The number of ether oxygens (including phenoxy) is 1. The van der Waals surface area contributed by atoms with E-state index in [0.29, 0.717) is 23.1 Å². The Balaban J connectivity index is 2.23. The monoisotopic (exact) mass is 325 g/mol. The highest BCUT2D eigenvalue weighted by Gasteiger charge is 2.14. The number of benzene rings is 2. The summed E-state index contributed by atoms with van der Waals surface area (Å²) in [5.74, 6) is 0.634. The first-order valence-electron chi connectivity index (χ1n) is 6.44. The second kappa shape index (κ2) is 6.37. The highest BCUT2D eigenvalue weighted by atomic mass is 35.5. The van der Waals surface area contributed by atoms with E-state index in [-0.39, 0.29) is 4.90 Å². The van der Waals surface area contributed by atoms with Crippen LogP contribution in [-0.4, -0.2) is 15.0 Å². The molecule has 0 saturated heterocycles. The summed E-state index contributed by atoms with van der Waals surface area (Å²) in [5.41, 5.74) is 1.32. The van der Waals surface area contributed by atoms with Crippen molar-refractivity contribution < 1.29 is 13.2 Å². The average molecular weight is 326 g/mol. The zero-order valence-electron chi connectivity index (χ0n) is 11.8. The maximum atomic E-state index is 12.3. The van der Waals surface area contributed by atoms with Crippen LogP contribution in [-0.2, 0) is 10.0 Å². The molecule has 0 radical (unpaired) electrons. The summed E-state index contributed by atoms with van der Waals surface area (Å²) in [6.07, 6.45) is 0. The van der Waals surface area contributed by atoms with E-state index in [1.165, 1.54) is 12.1 Å². The molecular weight excluding hydrogens is 310 g/mol. The van der Waals surface area contributed by atoms with Crippen molar-refractivity contribution in [1.82, 2.24) is 0 Å². The van der Waals surface area contributed by atoms with Gasteiger partial charge in [-0.2, -0.15) is 0 Å². The normalized spacial score (nSPS) is 11.2. The van der Waals surface area contributed by atoms with Crippen molar-refractivity contribution in [2.24, 2.45) is 0 Å². The lowest BCUT2D eigenvalue weighted by atomic mass is 10.2. The van der Waals surface area contributed by atoms with Crippen LogP contribution in [0.3, 0.4) is 0 Å². The summed E-state index contributed by atoms with van der Waals surface area (Å²) >= 11 is 5.99. The van der Waals surface area contributed by atoms with Gasteiger partial charge in [0.15, 0.2) is 0 Å². The van der Waals surface area contributed by atoms with E-state index in [4.69, 9.17) is 16.3 Å². The smallest absolute Gasteiger partial charge is 0.261 e. The molecule has 0 aliphatic rings. The number of hydrogen-bond acceptors (Lipinski definition) is 3. The van der Waals surface area contributed by atoms with Crippen LogP contribution in [0, 0.1) is 6.92 Å². The van der Waals surface area contributed by atoms with E-state index in [0.717, 1.165) is 5.56 Å². The minimum atomic E-state index is -3.64. The lowest BCUT2D eigenvalue weighted by Crippen LogP contribution is -2.12. The number of halogens is 1. The van der Waals surface area contributed by atoms with Crippen LogP contribution in [0.1, 0.15) is 12.5 Å². The maximum absolute atomic E-state index is 12.3. The van der Waals surface area contributed by atoms with Crippen LogP contribution < -0.4 is 9.46 Å². The zero-order valence-corrected chi connectivity index (χ0v) is 13.3. The van der Waals surface area contributed by atoms with Gasteiger partial charge in [-0.1, -0.05) is 17.7 Å². The van der Waals surface area contributed by atoms with Gasteiger partial charge in [0.05, 0.1) is 17.2 Å². The first kappa shape index (κ1) is 15.7. The van der Waals surface area contributed by atoms with Crippen LogP contribution >= 0.6 is 11.6 Å². The molecule has 0 aromatic heterocycles. The molecule has 0 saturated carbocycles. The average Bonchev–Trinajstić information content (AvgIpc) is 2.44. The van der Waals surface area contributed by atoms with Crippen molar-refractivity contribution in [2.75, 3.05) is 11.3 Å². The van der Waals surface area contributed by atoms with Crippen LogP contribution in [0.15, 0.2) is 47.4 Å². The van der Waals surface area contributed by atoms with Gasteiger partial charge in [-0.15, -0.1) is 0 Å². The van der Waals surface area contributed by atoms with E-state index in [1.54, 1.807) is 30.3 Å². The quantitative estimate of drug-likeness (QED) is 0.908. The molecule has 6 heteroatoms. The SMILES string of the molecule is CCOc1ccc(S(=O)(=O)Nc2ccc(C)c(Cl)c2)cc1. The van der Waals surface area contributed by atoms with Crippen LogP contribution in [0.4, 0.5) is 5.69 Å². The second-order valence-corrected chi connectivity index (χ2v) is 6.56. The summed E-state index contributed by atoms with van der Waals surface area (Å²) in [5, 5.41) is 0.516. The number of aryl methyl sites for hydroxylation is 1. The van der Waals surface area contributed by atoms with Crippen molar-refractivity contribution in [1.29, 1.82) is 0 Å². The fourth-order valence-electron chi connectivity index (χ4n) is 1.75. The lowest BCUT2D eigenvalue weighted by molar-refractivity contribution is 0.340. The van der Waals surface area contributed by atoms with Gasteiger partial charge in [0, 0.05) is 5.02 Å². The molecule has 0 bridgehead atoms. The molecule has 0 heterocycles. The Morgan fingerprint density at radius 3 is 2.38 bits per heavy atom. The molecule has 1 N–H and O–H groups in total. The van der Waals surface area contributed by atoms with Crippen LogP contribution in [0.25, 0.3) is 0 Å². The van der Waals surface area contributed by atoms with Crippen LogP contribution in [0.2, 0.25) is 5.02 Å². The number of hydrogen-bond donors (Lipinski definition) is 1. The molecule has 0 atom stereocenters. The fourth-order valence-corrected chi connectivity index (χ4v) is 2.98. The predicted molar refractivity (Wildman–Crippen MR) is 84.6 cm³/mol. The standard InChI is InChI=1S/C15H16ClNO3S/c1-3-20-13-6-8-14(9-7-13)21(18,19)17-12-5-4-11(2)15(16)10-12/h4-10,17H,3H2,1-2H3. The minimum absolute atomic E-state index is 0.169. The van der Waals surface area contributed by atoms with Crippen molar-refractivity contribution >= 4 is 27.3 Å². The Bertz CT molecular complexity index is 727. The molecule has 0 aliphatic carbocycles. The molecular formula is C15H16ClNO3S. The number of nitrogens with one attached hydrogen (secondary N) is 1. The highest BCUT2D eigenvalue weighted by molar-refractivity contribution is 7.92. The largest absolute Gasteiger partial charge is 0.494 e. The summed E-state index contributed by atoms with van der Waals surface area (Å²) in [7, 11) is -3.64. The van der Waals surface area contributed by atoms with E-state index >= 15 is 0 Å². The third-order valence-electron chi connectivity index (χ3n) is 2.87. The number of sulfonamides is 1. The first-order chi connectivity index (χ1) is 9.92. The van der Waals surface area contributed by atoms with Gasteiger partial charge in [0.1, 0.15) is 5.75 Å². The molecule has 0 fully saturated rings. The number of anilines is 1. The van der Waals surface area contributed by atoms with Crippen molar-refractivity contribution in [3.8, 4) is 5.75 Å². The molecule has 4 nitrogen and oxygen atoms in total. The molecule has 21 heavy (non-hydrogen) atoms. The van der Waals surface area contributed by atoms with Gasteiger partial charge >= 0.3 is 0 Å². The van der Waals surface area contributed by atoms with Gasteiger partial charge in [-0.05, 0) is 55.8 Å². The molecule has 0 unspecified atom stereocenters. The van der Waals surface area contributed by atoms with Gasteiger partial charge in [0.25, 0.3) is 10.0 Å². The Morgan fingerprint density at radius 2 is 1.81 bits per heavy atom. The molecule has 0 amide bonds. The first-order valence-corrected chi connectivity index (χ1v) is 8.30. The zero-order chi connectivity index (χ0) is 15.5. The number of rotatable bonds is 5. The maximum Gasteiger partial charge on any atom is 0.261 e. The lowest BCUT2D eigenvalue weighted by Gasteiger charge is -2.10. The van der Waals surface area contributed by atoms with Gasteiger partial charge in [0.2, 0.25) is 0 Å². The molecule has 2 aromatic carbocycles. The topological polar surface area (TPSA) is 55.4 Å². The van der Waals surface area contributed by atoms with E-state index < -0.39 is 10.0 Å². The van der Waals surface area contributed by atoms with Gasteiger partial charge in [-0.3, -0.25) is 4.72 Å². The summed E-state index contributed by atoms with van der Waals surface area (Å²) in [4.78, 5) is 0.169. The highest BCUT2D eigenvalue weighted by Crippen LogP contribution is 2.23. The summed E-state index contributed by atoms with van der Waals surface area (Å²) < 4.78 is 32.3. The Hall–Kier alpha value is -1.72. The van der Waals surface area contributed by atoms with Gasteiger partial charge in [-0.25, -0.2) is 8.42 Å². The molecule has 2 rings (SSSR count). The summed E-state index contributed by atoms with van der Waals surface area (Å²) in [6.45, 7) is 4.26. The molecule has 0 aliphatic heterocycles. The van der Waals surface area contributed by atoms with E-state index in [9.17, 15) is 8.42 Å². The Labute approximate surface area is 129 Å². The molecule has 2 aromatic rings. The van der Waals surface area contributed by atoms with E-state index in [2.05, 4.69) is 4.72 Å². The summed E-state index contributed by atoms with van der Waals surface area (Å²) in [6, 6.07) is 11.3. The van der Waals surface area contributed by atoms with Crippen molar-refractivity contribution in [2.45, 2.75) is 18.7 Å². The Morgan fingerprint density at radius 1 is 1.14 bits per heavy atom. The molecule has 0 spiro atoms. The van der Waals surface area contributed by atoms with Crippen molar-refractivity contribution in [3.05, 3.63) is 53.1 Å².